The third-order valence-electron chi connectivity index (χ3n) is 1.72. The average Bonchev–Trinajstić information content (AvgIpc) is 2.18. The standard InChI is InChI=1S/C10H13N3O2/c11-10(15)13-9(14)7-12-6-8-4-2-1-3-5-8/h1-5,12H,6-7H2,(H3,11,13,14,15). The summed E-state index contributed by atoms with van der Waals surface area (Å²) in [5.74, 6) is -0.432. The molecule has 0 saturated heterocycles. The quantitative estimate of drug-likeness (QED) is 0.648. The zero-order valence-electron chi connectivity index (χ0n) is 8.19. The Kier molecular flexibility index (Phi) is 4.30. The van der Waals surface area contributed by atoms with Gasteiger partial charge < -0.3 is 11.1 Å². The second kappa shape index (κ2) is 5.77. The number of imide groups is 1. The Hall–Kier alpha value is -1.88. The molecule has 0 saturated carbocycles. The van der Waals surface area contributed by atoms with E-state index in [4.69, 9.17) is 5.73 Å². The van der Waals surface area contributed by atoms with Crippen molar-refractivity contribution in [1.82, 2.24) is 10.6 Å². The zero-order chi connectivity index (χ0) is 11.1. The van der Waals surface area contributed by atoms with E-state index in [2.05, 4.69) is 5.32 Å². The van der Waals surface area contributed by atoms with Crippen molar-refractivity contribution in [2.45, 2.75) is 6.54 Å². The molecule has 5 nitrogen and oxygen atoms in total. The molecule has 1 rings (SSSR count). The van der Waals surface area contributed by atoms with Crippen LogP contribution in [0.1, 0.15) is 5.56 Å². The topological polar surface area (TPSA) is 84.2 Å². The summed E-state index contributed by atoms with van der Waals surface area (Å²) >= 11 is 0. The summed E-state index contributed by atoms with van der Waals surface area (Å²) in [7, 11) is 0. The minimum absolute atomic E-state index is 0.0673. The Morgan fingerprint density at radius 3 is 2.47 bits per heavy atom. The highest BCUT2D eigenvalue weighted by Gasteiger charge is 2.02. The van der Waals surface area contributed by atoms with E-state index in [-0.39, 0.29) is 6.54 Å². The lowest BCUT2D eigenvalue weighted by Gasteiger charge is -2.03. The number of rotatable bonds is 4. The molecule has 1 aromatic carbocycles. The molecule has 1 aromatic rings. The van der Waals surface area contributed by atoms with Gasteiger partial charge in [0.05, 0.1) is 6.54 Å². The lowest BCUT2D eigenvalue weighted by molar-refractivity contribution is -0.119. The Morgan fingerprint density at radius 1 is 1.20 bits per heavy atom. The molecule has 4 N–H and O–H groups in total. The number of amides is 3. The summed E-state index contributed by atoms with van der Waals surface area (Å²) in [4.78, 5) is 21.3. The number of carbonyl (C=O) groups excluding carboxylic acids is 2. The van der Waals surface area contributed by atoms with Crippen LogP contribution in [-0.2, 0) is 11.3 Å². The fourth-order valence-electron chi connectivity index (χ4n) is 1.10. The van der Waals surface area contributed by atoms with E-state index in [1.54, 1.807) is 0 Å². The third-order valence-corrected chi connectivity index (χ3v) is 1.72. The highest BCUT2D eigenvalue weighted by Crippen LogP contribution is 1.96. The maximum Gasteiger partial charge on any atom is 0.318 e. The number of carbonyl (C=O) groups is 2. The number of nitrogens with two attached hydrogens (primary N) is 1. The van der Waals surface area contributed by atoms with Crippen molar-refractivity contribution in [2.24, 2.45) is 5.73 Å². The van der Waals surface area contributed by atoms with Crippen molar-refractivity contribution >= 4 is 11.9 Å². The van der Waals surface area contributed by atoms with Crippen molar-refractivity contribution < 1.29 is 9.59 Å². The van der Waals surface area contributed by atoms with Crippen LogP contribution in [0.5, 0.6) is 0 Å². The highest BCUT2D eigenvalue weighted by atomic mass is 16.2. The van der Waals surface area contributed by atoms with Crippen LogP contribution in [0.4, 0.5) is 4.79 Å². The molecule has 15 heavy (non-hydrogen) atoms. The van der Waals surface area contributed by atoms with Gasteiger partial charge in [-0.2, -0.15) is 0 Å². The maximum atomic E-state index is 11.0. The SMILES string of the molecule is NC(=O)NC(=O)CNCc1ccccc1. The van der Waals surface area contributed by atoms with Gasteiger partial charge in [-0.3, -0.25) is 10.1 Å². The molecule has 0 unspecified atom stereocenters. The van der Waals surface area contributed by atoms with Crippen LogP contribution in [0, 0.1) is 0 Å². The van der Waals surface area contributed by atoms with Gasteiger partial charge in [-0.1, -0.05) is 30.3 Å². The first-order valence-electron chi connectivity index (χ1n) is 4.52. The number of urea groups is 1. The molecule has 0 aliphatic carbocycles. The highest BCUT2D eigenvalue weighted by molar-refractivity contribution is 5.94. The molecule has 0 heterocycles. The minimum Gasteiger partial charge on any atom is -0.351 e. The number of hydrogen-bond donors (Lipinski definition) is 3. The van der Waals surface area contributed by atoms with Gasteiger partial charge in [0, 0.05) is 6.54 Å². The number of nitrogens with one attached hydrogen (secondary N) is 2. The zero-order valence-corrected chi connectivity index (χ0v) is 8.19. The number of hydrogen-bond acceptors (Lipinski definition) is 3. The molecule has 0 fully saturated rings. The van der Waals surface area contributed by atoms with Crippen molar-refractivity contribution in [3.63, 3.8) is 0 Å². The average molecular weight is 207 g/mol. The minimum atomic E-state index is -0.832. The van der Waals surface area contributed by atoms with Crippen LogP contribution in [-0.4, -0.2) is 18.5 Å². The molecule has 0 spiro atoms. The lowest BCUT2D eigenvalue weighted by atomic mass is 10.2. The van der Waals surface area contributed by atoms with E-state index in [1.807, 2.05) is 35.6 Å². The van der Waals surface area contributed by atoms with E-state index in [0.29, 0.717) is 6.54 Å². The first kappa shape index (κ1) is 11.2. The van der Waals surface area contributed by atoms with E-state index in [9.17, 15) is 9.59 Å². The van der Waals surface area contributed by atoms with Crippen LogP contribution < -0.4 is 16.4 Å². The second-order valence-corrected chi connectivity index (χ2v) is 3.00. The van der Waals surface area contributed by atoms with Crippen molar-refractivity contribution in [2.75, 3.05) is 6.54 Å². The van der Waals surface area contributed by atoms with Gasteiger partial charge in [0.1, 0.15) is 0 Å². The predicted molar refractivity (Wildman–Crippen MR) is 55.9 cm³/mol. The van der Waals surface area contributed by atoms with Gasteiger partial charge in [-0.25, -0.2) is 4.79 Å². The van der Waals surface area contributed by atoms with E-state index >= 15 is 0 Å². The lowest BCUT2D eigenvalue weighted by Crippen LogP contribution is -2.40. The Bertz CT molecular complexity index is 338. The van der Waals surface area contributed by atoms with Gasteiger partial charge in [0.2, 0.25) is 5.91 Å². The Morgan fingerprint density at radius 2 is 1.87 bits per heavy atom. The van der Waals surface area contributed by atoms with Gasteiger partial charge in [-0.15, -0.1) is 0 Å². The normalized spacial score (nSPS) is 9.60. The number of primary amides is 1. The number of benzene rings is 1. The third kappa shape index (κ3) is 4.78. The molecular formula is C10H13N3O2. The largest absolute Gasteiger partial charge is 0.351 e. The van der Waals surface area contributed by atoms with E-state index in [0.717, 1.165) is 5.56 Å². The summed E-state index contributed by atoms with van der Waals surface area (Å²) in [6.45, 7) is 0.644. The summed E-state index contributed by atoms with van der Waals surface area (Å²) < 4.78 is 0. The molecule has 0 aliphatic rings. The van der Waals surface area contributed by atoms with Crippen LogP contribution in [0.3, 0.4) is 0 Å². The van der Waals surface area contributed by atoms with Crippen LogP contribution in [0.2, 0.25) is 0 Å². The molecule has 5 heteroatoms. The predicted octanol–water partition coefficient (Wildman–Crippen LogP) is -0.0289. The summed E-state index contributed by atoms with van der Waals surface area (Å²) in [5, 5.41) is 4.85. The molecule has 0 aromatic heterocycles. The monoisotopic (exact) mass is 207 g/mol. The van der Waals surface area contributed by atoms with Gasteiger partial charge in [-0.05, 0) is 5.56 Å². The molecule has 0 atom stereocenters. The molecule has 3 amide bonds. The van der Waals surface area contributed by atoms with Gasteiger partial charge in [0.25, 0.3) is 0 Å². The molecule has 0 radical (unpaired) electrons. The van der Waals surface area contributed by atoms with E-state index < -0.39 is 11.9 Å². The Labute approximate surface area is 87.7 Å². The fourth-order valence-corrected chi connectivity index (χ4v) is 1.10. The molecule has 0 aliphatic heterocycles. The fraction of sp³-hybridized carbons (Fsp3) is 0.200. The maximum absolute atomic E-state index is 11.0. The second-order valence-electron chi connectivity index (χ2n) is 3.00. The van der Waals surface area contributed by atoms with Crippen molar-refractivity contribution in [1.29, 1.82) is 0 Å². The summed E-state index contributed by atoms with van der Waals surface area (Å²) in [5.41, 5.74) is 5.85. The van der Waals surface area contributed by atoms with Crippen LogP contribution in [0.25, 0.3) is 0 Å². The molecular weight excluding hydrogens is 194 g/mol. The van der Waals surface area contributed by atoms with Gasteiger partial charge >= 0.3 is 6.03 Å². The molecule has 0 bridgehead atoms. The summed E-state index contributed by atoms with van der Waals surface area (Å²) in [6.07, 6.45) is 0. The Balaban J connectivity index is 2.22. The first-order chi connectivity index (χ1) is 7.18. The van der Waals surface area contributed by atoms with Crippen molar-refractivity contribution in [3.05, 3.63) is 35.9 Å². The first-order valence-corrected chi connectivity index (χ1v) is 4.52. The smallest absolute Gasteiger partial charge is 0.318 e. The molecule has 80 valence electrons. The van der Waals surface area contributed by atoms with Crippen molar-refractivity contribution in [3.8, 4) is 0 Å². The van der Waals surface area contributed by atoms with Crippen LogP contribution in [0.15, 0.2) is 30.3 Å². The van der Waals surface area contributed by atoms with Crippen LogP contribution >= 0.6 is 0 Å². The van der Waals surface area contributed by atoms with Gasteiger partial charge in [0.15, 0.2) is 0 Å². The van der Waals surface area contributed by atoms with E-state index in [1.165, 1.54) is 0 Å². The summed E-state index contributed by atoms with van der Waals surface area (Å²) in [6, 6.07) is 8.81.